The van der Waals surface area contributed by atoms with Crippen molar-refractivity contribution in [1.82, 2.24) is 4.98 Å². The van der Waals surface area contributed by atoms with Crippen LogP contribution in [0.1, 0.15) is 10.7 Å². The van der Waals surface area contributed by atoms with Crippen molar-refractivity contribution >= 4 is 11.3 Å². The van der Waals surface area contributed by atoms with Crippen LogP contribution in [0.5, 0.6) is 0 Å². The standard InChI is InChI=1S/C7H10F2N2S/c1-4-11-5(3-12-4)2-6(10)7(8)9/h3,6-7H,2,10H2,1H3. The van der Waals surface area contributed by atoms with Gasteiger partial charge in [0.15, 0.2) is 0 Å². The molecule has 0 saturated heterocycles. The Labute approximate surface area is 73.4 Å². The van der Waals surface area contributed by atoms with E-state index in [2.05, 4.69) is 4.98 Å². The summed E-state index contributed by atoms with van der Waals surface area (Å²) in [4.78, 5) is 4.04. The normalized spacial score (nSPS) is 13.8. The van der Waals surface area contributed by atoms with E-state index in [1.165, 1.54) is 11.3 Å². The molecule has 0 bridgehead atoms. The lowest BCUT2D eigenvalue weighted by atomic mass is 10.2. The summed E-state index contributed by atoms with van der Waals surface area (Å²) in [6, 6.07) is -1.09. The molecule has 0 aromatic carbocycles. The Morgan fingerprint density at radius 1 is 1.67 bits per heavy atom. The van der Waals surface area contributed by atoms with Gasteiger partial charge in [0, 0.05) is 11.8 Å². The maximum atomic E-state index is 12.0. The third kappa shape index (κ3) is 2.49. The number of hydrogen-bond donors (Lipinski definition) is 1. The van der Waals surface area contributed by atoms with Gasteiger partial charge >= 0.3 is 0 Å². The van der Waals surface area contributed by atoms with Crippen molar-refractivity contribution in [3.63, 3.8) is 0 Å². The first-order chi connectivity index (χ1) is 5.59. The Bertz CT molecular complexity index is 249. The quantitative estimate of drug-likeness (QED) is 0.789. The van der Waals surface area contributed by atoms with Gasteiger partial charge in [-0.15, -0.1) is 11.3 Å². The van der Waals surface area contributed by atoms with Gasteiger partial charge in [-0.3, -0.25) is 0 Å². The number of thiazole rings is 1. The van der Waals surface area contributed by atoms with Crippen molar-refractivity contribution in [2.45, 2.75) is 25.8 Å². The predicted octanol–water partition coefficient (Wildman–Crippen LogP) is 1.59. The molecule has 0 saturated carbocycles. The van der Waals surface area contributed by atoms with Crippen LogP contribution in [0.25, 0.3) is 0 Å². The van der Waals surface area contributed by atoms with Gasteiger partial charge < -0.3 is 5.73 Å². The van der Waals surface area contributed by atoms with Crippen LogP contribution in [0.3, 0.4) is 0 Å². The molecule has 2 N–H and O–H groups in total. The summed E-state index contributed by atoms with van der Waals surface area (Å²) in [6.45, 7) is 1.84. The molecular weight excluding hydrogens is 182 g/mol. The van der Waals surface area contributed by atoms with Gasteiger partial charge in [0.2, 0.25) is 0 Å². The fraction of sp³-hybridized carbons (Fsp3) is 0.571. The summed E-state index contributed by atoms with van der Waals surface area (Å²) >= 11 is 1.45. The molecule has 0 aliphatic rings. The van der Waals surface area contributed by atoms with E-state index in [0.29, 0.717) is 5.69 Å². The van der Waals surface area contributed by atoms with Gasteiger partial charge in [0.25, 0.3) is 6.43 Å². The lowest BCUT2D eigenvalue weighted by Gasteiger charge is -2.06. The van der Waals surface area contributed by atoms with Gasteiger partial charge in [-0.2, -0.15) is 0 Å². The highest BCUT2D eigenvalue weighted by Crippen LogP contribution is 2.11. The summed E-state index contributed by atoms with van der Waals surface area (Å²) in [5.74, 6) is 0. The van der Waals surface area contributed by atoms with Crippen molar-refractivity contribution in [1.29, 1.82) is 0 Å². The van der Waals surface area contributed by atoms with Gasteiger partial charge in [-0.05, 0) is 6.92 Å². The molecular formula is C7H10F2N2S. The van der Waals surface area contributed by atoms with Gasteiger partial charge in [-0.25, -0.2) is 13.8 Å². The lowest BCUT2D eigenvalue weighted by molar-refractivity contribution is 0.115. The van der Waals surface area contributed by atoms with E-state index in [9.17, 15) is 8.78 Å². The van der Waals surface area contributed by atoms with Crippen LogP contribution in [0.4, 0.5) is 8.78 Å². The third-order valence-electron chi connectivity index (χ3n) is 1.44. The highest BCUT2D eigenvalue weighted by atomic mass is 32.1. The van der Waals surface area contributed by atoms with E-state index in [1.807, 2.05) is 6.92 Å². The molecule has 1 atom stereocenters. The van der Waals surface area contributed by atoms with Crippen LogP contribution in [-0.2, 0) is 6.42 Å². The van der Waals surface area contributed by atoms with Crippen LogP contribution in [0.15, 0.2) is 5.38 Å². The summed E-state index contributed by atoms with van der Waals surface area (Å²) in [5, 5.41) is 2.64. The Hall–Kier alpha value is -0.550. The predicted molar refractivity (Wildman–Crippen MR) is 44.5 cm³/mol. The summed E-state index contributed by atoms with van der Waals surface area (Å²) in [7, 11) is 0. The van der Waals surface area contributed by atoms with Crippen molar-refractivity contribution < 1.29 is 8.78 Å². The molecule has 1 unspecified atom stereocenters. The fourth-order valence-corrected chi connectivity index (χ4v) is 1.46. The summed E-state index contributed by atoms with van der Waals surface area (Å²) in [6.07, 6.45) is -2.31. The molecule has 68 valence electrons. The Morgan fingerprint density at radius 3 is 2.75 bits per heavy atom. The molecule has 2 nitrogen and oxygen atoms in total. The summed E-state index contributed by atoms with van der Waals surface area (Å²) in [5.41, 5.74) is 5.83. The Balaban J connectivity index is 2.52. The number of aryl methyl sites for hydroxylation is 1. The molecule has 12 heavy (non-hydrogen) atoms. The second-order valence-electron chi connectivity index (χ2n) is 2.56. The smallest absolute Gasteiger partial charge is 0.253 e. The third-order valence-corrected chi connectivity index (χ3v) is 2.26. The van der Waals surface area contributed by atoms with E-state index < -0.39 is 12.5 Å². The van der Waals surface area contributed by atoms with Crippen LogP contribution in [0, 0.1) is 6.92 Å². The summed E-state index contributed by atoms with van der Waals surface area (Å²) < 4.78 is 23.9. The van der Waals surface area contributed by atoms with Crippen LogP contribution in [0.2, 0.25) is 0 Å². The first-order valence-electron chi connectivity index (χ1n) is 3.54. The topological polar surface area (TPSA) is 38.9 Å². The molecule has 0 radical (unpaired) electrons. The lowest BCUT2D eigenvalue weighted by Crippen LogP contribution is -2.30. The number of nitrogens with zero attached hydrogens (tertiary/aromatic N) is 1. The average Bonchev–Trinajstić information content (AvgIpc) is 2.35. The molecule has 1 aromatic rings. The monoisotopic (exact) mass is 192 g/mol. The number of rotatable bonds is 3. The van der Waals surface area contributed by atoms with E-state index in [4.69, 9.17) is 5.73 Å². The fourth-order valence-electron chi connectivity index (χ4n) is 0.833. The maximum absolute atomic E-state index is 12.0. The van der Waals surface area contributed by atoms with E-state index in [-0.39, 0.29) is 6.42 Å². The Kier molecular flexibility index (Phi) is 3.11. The largest absolute Gasteiger partial charge is 0.323 e. The van der Waals surface area contributed by atoms with Crippen molar-refractivity contribution in [2.75, 3.05) is 0 Å². The number of alkyl halides is 2. The molecule has 1 heterocycles. The Morgan fingerprint density at radius 2 is 2.33 bits per heavy atom. The van der Waals surface area contributed by atoms with Gasteiger partial charge in [-0.1, -0.05) is 0 Å². The molecule has 0 amide bonds. The van der Waals surface area contributed by atoms with Crippen LogP contribution in [-0.4, -0.2) is 17.5 Å². The van der Waals surface area contributed by atoms with Crippen molar-refractivity contribution in [3.8, 4) is 0 Å². The zero-order valence-electron chi connectivity index (χ0n) is 6.63. The van der Waals surface area contributed by atoms with Crippen molar-refractivity contribution in [3.05, 3.63) is 16.1 Å². The molecule has 0 aliphatic heterocycles. The number of aromatic nitrogens is 1. The molecule has 0 fully saturated rings. The molecule has 1 rings (SSSR count). The second kappa shape index (κ2) is 3.91. The first-order valence-corrected chi connectivity index (χ1v) is 4.42. The minimum absolute atomic E-state index is 0.155. The average molecular weight is 192 g/mol. The highest BCUT2D eigenvalue weighted by molar-refractivity contribution is 7.09. The van der Waals surface area contributed by atoms with Crippen LogP contribution < -0.4 is 5.73 Å². The number of halogens is 2. The minimum atomic E-state index is -2.47. The number of hydrogen-bond acceptors (Lipinski definition) is 3. The number of nitrogens with two attached hydrogens (primary N) is 1. The van der Waals surface area contributed by atoms with Crippen molar-refractivity contribution in [2.24, 2.45) is 5.73 Å². The molecule has 0 aliphatic carbocycles. The molecule has 5 heteroatoms. The first kappa shape index (κ1) is 9.54. The van der Waals surface area contributed by atoms with E-state index in [1.54, 1.807) is 5.38 Å². The SMILES string of the molecule is Cc1nc(CC(N)C(F)F)cs1. The van der Waals surface area contributed by atoms with Crippen LogP contribution >= 0.6 is 11.3 Å². The zero-order chi connectivity index (χ0) is 9.14. The minimum Gasteiger partial charge on any atom is -0.323 e. The maximum Gasteiger partial charge on any atom is 0.253 e. The van der Waals surface area contributed by atoms with Gasteiger partial charge in [0.05, 0.1) is 16.7 Å². The molecule has 1 aromatic heterocycles. The highest BCUT2D eigenvalue weighted by Gasteiger charge is 2.16. The van der Waals surface area contributed by atoms with E-state index >= 15 is 0 Å². The van der Waals surface area contributed by atoms with Gasteiger partial charge in [0.1, 0.15) is 0 Å². The second-order valence-corrected chi connectivity index (χ2v) is 3.62. The zero-order valence-corrected chi connectivity index (χ0v) is 7.44. The molecule has 0 spiro atoms. The van der Waals surface area contributed by atoms with E-state index in [0.717, 1.165) is 5.01 Å².